The number of hydrogen-bond acceptors (Lipinski definition) is 3. The number of para-hydroxylation sites is 1. The molecule has 0 amide bonds. The molecule has 1 N–H and O–H groups in total. The summed E-state index contributed by atoms with van der Waals surface area (Å²) in [5, 5.41) is 4.57. The van der Waals surface area contributed by atoms with E-state index in [-0.39, 0.29) is 5.54 Å². The molecular formula is C14H19NO2. The molecule has 0 unspecified atom stereocenters. The van der Waals surface area contributed by atoms with Crippen molar-refractivity contribution in [2.24, 2.45) is 0 Å². The summed E-state index contributed by atoms with van der Waals surface area (Å²) in [6.07, 6.45) is 0. The number of benzene rings is 1. The minimum absolute atomic E-state index is 0.0479. The van der Waals surface area contributed by atoms with Crippen molar-refractivity contribution in [3.63, 3.8) is 0 Å². The summed E-state index contributed by atoms with van der Waals surface area (Å²) in [6, 6.07) is 10.1. The molecule has 0 spiro atoms. The van der Waals surface area contributed by atoms with Gasteiger partial charge in [0.05, 0.1) is 13.2 Å². The Morgan fingerprint density at radius 3 is 2.76 bits per heavy atom. The zero-order chi connectivity index (χ0) is 12.3. The van der Waals surface area contributed by atoms with Crippen molar-refractivity contribution in [1.82, 2.24) is 5.32 Å². The maximum Gasteiger partial charge on any atom is 0.134 e. The molecule has 0 bridgehead atoms. The van der Waals surface area contributed by atoms with E-state index >= 15 is 0 Å². The Morgan fingerprint density at radius 1 is 1.29 bits per heavy atom. The molecule has 1 heterocycles. The van der Waals surface area contributed by atoms with Crippen LogP contribution in [0.25, 0.3) is 11.0 Å². The van der Waals surface area contributed by atoms with Crippen LogP contribution in [0.1, 0.15) is 19.6 Å². The van der Waals surface area contributed by atoms with Crippen LogP contribution in [0.2, 0.25) is 0 Å². The second-order valence-corrected chi connectivity index (χ2v) is 4.92. The first-order valence-electron chi connectivity index (χ1n) is 5.82. The number of hydrogen-bond donors (Lipinski definition) is 1. The average molecular weight is 233 g/mol. The number of furan rings is 1. The van der Waals surface area contributed by atoms with Crippen molar-refractivity contribution < 1.29 is 9.15 Å². The maximum atomic E-state index is 5.74. The minimum atomic E-state index is -0.0479. The van der Waals surface area contributed by atoms with Gasteiger partial charge < -0.3 is 14.5 Å². The maximum absolute atomic E-state index is 5.74. The van der Waals surface area contributed by atoms with Gasteiger partial charge in [0.25, 0.3) is 0 Å². The first-order valence-corrected chi connectivity index (χ1v) is 5.82. The topological polar surface area (TPSA) is 34.4 Å². The van der Waals surface area contributed by atoms with Gasteiger partial charge in [0, 0.05) is 18.0 Å². The van der Waals surface area contributed by atoms with Crippen LogP contribution in [0.3, 0.4) is 0 Å². The van der Waals surface area contributed by atoms with Crippen molar-refractivity contribution in [2.75, 3.05) is 13.7 Å². The Hall–Kier alpha value is -1.32. The summed E-state index contributed by atoms with van der Waals surface area (Å²) in [7, 11) is 1.71. The lowest BCUT2D eigenvalue weighted by atomic mass is 10.1. The van der Waals surface area contributed by atoms with Crippen LogP contribution in [0.15, 0.2) is 34.7 Å². The average Bonchev–Trinajstić information content (AvgIpc) is 2.69. The first kappa shape index (κ1) is 12.1. The van der Waals surface area contributed by atoms with Crippen molar-refractivity contribution >= 4 is 11.0 Å². The normalized spacial score (nSPS) is 12.2. The molecular weight excluding hydrogens is 214 g/mol. The van der Waals surface area contributed by atoms with E-state index in [9.17, 15) is 0 Å². The molecule has 2 rings (SSSR count). The molecule has 2 aromatic rings. The van der Waals surface area contributed by atoms with Gasteiger partial charge in [-0.05, 0) is 26.0 Å². The summed E-state index contributed by atoms with van der Waals surface area (Å²) in [5.41, 5.74) is 0.891. The van der Waals surface area contributed by atoms with Gasteiger partial charge >= 0.3 is 0 Å². The van der Waals surface area contributed by atoms with Gasteiger partial charge in [-0.25, -0.2) is 0 Å². The highest BCUT2D eigenvalue weighted by molar-refractivity contribution is 5.77. The monoisotopic (exact) mass is 233 g/mol. The molecule has 0 fully saturated rings. The van der Waals surface area contributed by atoms with E-state index in [1.165, 1.54) is 0 Å². The summed E-state index contributed by atoms with van der Waals surface area (Å²) in [4.78, 5) is 0. The molecule has 1 aromatic heterocycles. The van der Waals surface area contributed by atoms with Crippen LogP contribution in [0.5, 0.6) is 0 Å². The Bertz CT molecular complexity index is 455. The van der Waals surface area contributed by atoms with Crippen molar-refractivity contribution in [3.05, 3.63) is 36.1 Å². The molecule has 92 valence electrons. The van der Waals surface area contributed by atoms with Gasteiger partial charge in [-0.1, -0.05) is 18.2 Å². The predicted octanol–water partition coefficient (Wildman–Crippen LogP) is 2.95. The number of rotatable bonds is 5. The van der Waals surface area contributed by atoms with E-state index in [0.717, 1.165) is 16.7 Å². The third-order valence-corrected chi connectivity index (χ3v) is 2.72. The summed E-state index contributed by atoms with van der Waals surface area (Å²) < 4.78 is 10.9. The van der Waals surface area contributed by atoms with Gasteiger partial charge in [-0.3, -0.25) is 0 Å². The second-order valence-electron chi connectivity index (χ2n) is 4.92. The fraction of sp³-hybridized carbons (Fsp3) is 0.429. The van der Waals surface area contributed by atoms with Crippen LogP contribution >= 0.6 is 0 Å². The number of methoxy groups -OCH3 is 1. The zero-order valence-corrected chi connectivity index (χ0v) is 10.6. The van der Waals surface area contributed by atoms with E-state index in [2.05, 4.69) is 31.3 Å². The second kappa shape index (κ2) is 4.90. The van der Waals surface area contributed by atoms with Crippen molar-refractivity contribution in [1.29, 1.82) is 0 Å². The zero-order valence-electron chi connectivity index (χ0n) is 10.6. The highest BCUT2D eigenvalue weighted by Gasteiger charge is 2.17. The van der Waals surface area contributed by atoms with Gasteiger partial charge in [-0.2, -0.15) is 0 Å². The van der Waals surface area contributed by atoms with E-state index in [1.54, 1.807) is 7.11 Å². The molecule has 3 heteroatoms. The smallest absolute Gasteiger partial charge is 0.134 e. The van der Waals surface area contributed by atoms with Crippen LogP contribution in [-0.4, -0.2) is 19.3 Å². The minimum Gasteiger partial charge on any atom is -0.460 e. The molecule has 1 aromatic carbocycles. The molecule has 0 aliphatic rings. The molecule has 0 aliphatic carbocycles. The molecule has 0 saturated carbocycles. The van der Waals surface area contributed by atoms with Gasteiger partial charge in [0.2, 0.25) is 0 Å². The van der Waals surface area contributed by atoms with Gasteiger partial charge in [0.15, 0.2) is 0 Å². The van der Waals surface area contributed by atoms with Gasteiger partial charge in [-0.15, -0.1) is 0 Å². The SMILES string of the molecule is COCC(C)(C)NCc1cc2ccccc2o1. The number of ether oxygens (including phenoxy) is 1. The van der Waals surface area contributed by atoms with Crippen LogP contribution in [0.4, 0.5) is 0 Å². The fourth-order valence-electron chi connectivity index (χ4n) is 1.86. The van der Waals surface area contributed by atoms with E-state index in [0.29, 0.717) is 13.2 Å². The number of fused-ring (bicyclic) bond motifs is 1. The van der Waals surface area contributed by atoms with Crippen LogP contribution in [0, 0.1) is 0 Å². The molecule has 0 atom stereocenters. The van der Waals surface area contributed by atoms with E-state index in [1.807, 2.05) is 18.2 Å². The summed E-state index contributed by atoms with van der Waals surface area (Å²) >= 11 is 0. The predicted molar refractivity (Wildman–Crippen MR) is 69.0 cm³/mol. The van der Waals surface area contributed by atoms with Crippen molar-refractivity contribution in [3.8, 4) is 0 Å². The van der Waals surface area contributed by atoms with E-state index < -0.39 is 0 Å². The molecule has 3 nitrogen and oxygen atoms in total. The van der Waals surface area contributed by atoms with Crippen LogP contribution in [-0.2, 0) is 11.3 Å². The first-order chi connectivity index (χ1) is 8.11. The molecule has 0 saturated heterocycles. The Kier molecular flexibility index (Phi) is 3.50. The quantitative estimate of drug-likeness (QED) is 0.862. The van der Waals surface area contributed by atoms with Gasteiger partial charge in [0.1, 0.15) is 11.3 Å². The fourth-order valence-corrected chi connectivity index (χ4v) is 1.86. The third kappa shape index (κ3) is 3.08. The van der Waals surface area contributed by atoms with Crippen molar-refractivity contribution in [2.45, 2.75) is 25.9 Å². The molecule has 0 radical (unpaired) electrons. The molecule has 17 heavy (non-hydrogen) atoms. The summed E-state index contributed by atoms with van der Waals surface area (Å²) in [6.45, 7) is 5.61. The highest BCUT2D eigenvalue weighted by atomic mass is 16.5. The largest absolute Gasteiger partial charge is 0.460 e. The lowest BCUT2D eigenvalue weighted by Crippen LogP contribution is -2.42. The van der Waals surface area contributed by atoms with Crippen LogP contribution < -0.4 is 5.32 Å². The lowest BCUT2D eigenvalue weighted by Gasteiger charge is -2.24. The van der Waals surface area contributed by atoms with E-state index in [4.69, 9.17) is 9.15 Å². The Morgan fingerprint density at radius 2 is 2.06 bits per heavy atom. The highest BCUT2D eigenvalue weighted by Crippen LogP contribution is 2.19. The number of nitrogens with one attached hydrogen (secondary N) is 1. The Labute approximate surface area is 102 Å². The lowest BCUT2D eigenvalue weighted by molar-refractivity contribution is 0.126. The standard InChI is InChI=1S/C14H19NO2/c1-14(2,10-16-3)15-9-12-8-11-6-4-5-7-13(11)17-12/h4-8,15H,9-10H2,1-3H3. The Balaban J connectivity index is 2.04. The summed E-state index contributed by atoms with van der Waals surface area (Å²) in [5.74, 6) is 0.954. The molecule has 0 aliphatic heterocycles. The third-order valence-electron chi connectivity index (χ3n) is 2.72.